The summed E-state index contributed by atoms with van der Waals surface area (Å²) in [5, 5.41) is 25.5. The van der Waals surface area contributed by atoms with E-state index in [1.165, 1.54) is 7.11 Å². The molecule has 2 bridgehead atoms. The summed E-state index contributed by atoms with van der Waals surface area (Å²) in [6, 6.07) is 4.74. The van der Waals surface area contributed by atoms with Crippen molar-refractivity contribution in [2.24, 2.45) is 0 Å². The minimum Gasteiger partial charge on any atom is -0.480 e. The Morgan fingerprint density at radius 3 is 2.82 bits per heavy atom. The number of fused-ring (bicyclic) bond motifs is 3. The molecule has 4 aromatic rings. The van der Waals surface area contributed by atoms with E-state index in [-0.39, 0.29) is 46.7 Å². The van der Waals surface area contributed by atoms with Crippen LogP contribution in [0.1, 0.15) is 42.5 Å². The maximum Gasteiger partial charge on any atom is 0.393 e. The zero-order valence-electron chi connectivity index (χ0n) is 25.0. The van der Waals surface area contributed by atoms with Crippen LogP contribution in [0.3, 0.4) is 0 Å². The quantitative estimate of drug-likeness (QED) is 0.147. The molecule has 11 nitrogen and oxygen atoms in total. The zero-order valence-corrected chi connectivity index (χ0v) is 25.8. The Morgan fingerprint density at radius 2 is 2.07 bits per heavy atom. The summed E-state index contributed by atoms with van der Waals surface area (Å²) >= 11 is 1.11. The number of halogens is 4. The summed E-state index contributed by atoms with van der Waals surface area (Å²) < 4.78 is 74.7. The molecule has 2 fully saturated rings. The van der Waals surface area contributed by atoms with E-state index in [1.54, 1.807) is 36.2 Å². The molecule has 3 aromatic heterocycles. The van der Waals surface area contributed by atoms with Gasteiger partial charge in [-0.1, -0.05) is 17.3 Å². The minimum absolute atomic E-state index is 0.00152. The van der Waals surface area contributed by atoms with Gasteiger partial charge < -0.3 is 24.4 Å². The van der Waals surface area contributed by atoms with Gasteiger partial charge in [-0.3, -0.25) is 14.9 Å². The number of methoxy groups -OCH3 is 2. The largest absolute Gasteiger partial charge is 0.480 e. The molecule has 1 aromatic carbocycles. The first-order chi connectivity index (χ1) is 21.6. The number of nitrogens with zero attached hydrogens (tertiary/aromatic N) is 5. The van der Waals surface area contributed by atoms with Crippen LogP contribution in [-0.4, -0.2) is 88.3 Å². The molecule has 0 amide bonds. The number of alkyl halides is 4. The molecule has 6 rings (SSSR count). The number of nitrogens with one attached hydrogen (secondary N) is 2. The van der Waals surface area contributed by atoms with Crippen LogP contribution in [0, 0.1) is 0 Å². The number of hydrogen-bond acceptors (Lipinski definition) is 11. The third-order valence-electron chi connectivity index (χ3n) is 8.59. The maximum atomic E-state index is 15.5. The number of rotatable bonds is 12. The normalized spacial score (nSPS) is 22.8. The fourth-order valence-electron chi connectivity index (χ4n) is 6.36. The molecule has 5 heterocycles. The number of aromatic nitrogens is 4. The van der Waals surface area contributed by atoms with Crippen LogP contribution >= 0.6 is 11.3 Å². The standard InChI is InChI=1S/C29H35F4N7O4S/c1-39-15-7-8-21(39)23(30)20(11-15)35-19-6-4-5-16-17(12-29(31,32)33)25(45-24(16)19)26-36-22(44-38-26)13-34-27(41)18-14-40(9-10-42-2)37-28(18)43-3/h4-6,14-15,20-21,23,27,34-35,41H,7-13H2,1-3H3/t15-,20-,21+,23-,27?/m1/s1. The second kappa shape index (κ2) is 12.8. The molecule has 5 atom stereocenters. The molecular formula is C29H35F4N7O4S. The van der Waals surface area contributed by atoms with Gasteiger partial charge in [-0.15, -0.1) is 16.4 Å². The van der Waals surface area contributed by atoms with Gasteiger partial charge in [0.2, 0.25) is 17.6 Å². The first kappa shape index (κ1) is 31.7. The first-order valence-corrected chi connectivity index (χ1v) is 15.5. The van der Waals surface area contributed by atoms with E-state index < -0.39 is 31.0 Å². The van der Waals surface area contributed by atoms with Crippen LogP contribution in [-0.2, 0) is 24.2 Å². The zero-order chi connectivity index (χ0) is 31.9. The smallest absolute Gasteiger partial charge is 0.393 e. The number of benzene rings is 1. The van der Waals surface area contributed by atoms with E-state index in [0.29, 0.717) is 40.9 Å². The number of aliphatic hydroxyl groups excluding tert-OH is 1. The average molecular weight is 654 g/mol. The van der Waals surface area contributed by atoms with Crippen molar-refractivity contribution in [3.63, 3.8) is 0 Å². The lowest BCUT2D eigenvalue weighted by Gasteiger charge is -2.39. The molecule has 0 spiro atoms. The average Bonchev–Trinajstić information content (AvgIpc) is 3.78. The van der Waals surface area contributed by atoms with Crippen LogP contribution in [0.15, 0.2) is 28.9 Å². The number of ether oxygens (including phenoxy) is 2. The molecule has 2 aliphatic rings. The minimum atomic E-state index is -4.49. The lowest BCUT2D eigenvalue weighted by atomic mass is 9.95. The summed E-state index contributed by atoms with van der Waals surface area (Å²) in [6.07, 6.45) is -4.03. The Kier molecular flexibility index (Phi) is 9.03. The highest BCUT2D eigenvalue weighted by molar-refractivity contribution is 7.23. The molecule has 3 N–H and O–H groups in total. The van der Waals surface area contributed by atoms with Gasteiger partial charge in [0.15, 0.2) is 0 Å². The van der Waals surface area contributed by atoms with E-state index in [4.69, 9.17) is 14.0 Å². The Labute approximate surface area is 260 Å². The molecule has 16 heteroatoms. The van der Waals surface area contributed by atoms with Gasteiger partial charge in [0.1, 0.15) is 12.4 Å². The summed E-state index contributed by atoms with van der Waals surface area (Å²) in [5.74, 6) is 0.278. The van der Waals surface area contributed by atoms with Gasteiger partial charge in [-0.2, -0.15) is 18.2 Å². The topological polar surface area (TPSA) is 123 Å². The highest BCUT2D eigenvalue weighted by Crippen LogP contribution is 2.45. The van der Waals surface area contributed by atoms with Gasteiger partial charge in [-0.05, 0) is 43.3 Å². The second-order valence-corrected chi connectivity index (χ2v) is 12.4. The lowest BCUT2D eigenvalue weighted by Crippen LogP contribution is -2.53. The van der Waals surface area contributed by atoms with Gasteiger partial charge in [0.05, 0.1) is 60.1 Å². The van der Waals surface area contributed by atoms with E-state index in [2.05, 4.69) is 30.8 Å². The van der Waals surface area contributed by atoms with E-state index in [9.17, 15) is 18.3 Å². The first-order valence-electron chi connectivity index (χ1n) is 14.6. The third-order valence-corrected chi connectivity index (χ3v) is 9.87. The van der Waals surface area contributed by atoms with Crippen molar-refractivity contribution < 1.29 is 36.7 Å². The van der Waals surface area contributed by atoms with Gasteiger partial charge in [0.25, 0.3) is 0 Å². The molecular weight excluding hydrogens is 618 g/mol. The Balaban J connectivity index is 1.24. The van der Waals surface area contributed by atoms with Crippen LogP contribution in [0.25, 0.3) is 20.8 Å². The Bertz CT molecular complexity index is 1630. The van der Waals surface area contributed by atoms with Crippen LogP contribution in [0.5, 0.6) is 5.88 Å². The van der Waals surface area contributed by atoms with E-state index in [1.807, 2.05) is 7.05 Å². The molecule has 2 saturated heterocycles. The number of anilines is 1. The van der Waals surface area contributed by atoms with E-state index >= 15 is 4.39 Å². The van der Waals surface area contributed by atoms with E-state index in [0.717, 1.165) is 24.2 Å². The van der Waals surface area contributed by atoms with Crippen molar-refractivity contribution in [3.05, 3.63) is 41.4 Å². The predicted octanol–water partition coefficient (Wildman–Crippen LogP) is 4.67. The molecule has 45 heavy (non-hydrogen) atoms. The fraction of sp³-hybridized carbons (Fsp3) is 0.552. The van der Waals surface area contributed by atoms with Crippen LogP contribution in [0.4, 0.5) is 23.2 Å². The van der Waals surface area contributed by atoms with Crippen LogP contribution < -0.4 is 15.4 Å². The highest BCUT2D eigenvalue weighted by atomic mass is 32.1. The molecule has 1 unspecified atom stereocenters. The van der Waals surface area contributed by atoms with Crippen LogP contribution in [0.2, 0.25) is 0 Å². The Morgan fingerprint density at radius 1 is 1.24 bits per heavy atom. The van der Waals surface area contributed by atoms with Gasteiger partial charge in [0, 0.05) is 25.4 Å². The maximum absolute atomic E-state index is 15.5. The lowest BCUT2D eigenvalue weighted by molar-refractivity contribution is -0.126. The summed E-state index contributed by atoms with van der Waals surface area (Å²) in [5.41, 5.74) is 0.982. The monoisotopic (exact) mass is 653 g/mol. The second-order valence-electron chi connectivity index (χ2n) is 11.4. The SMILES string of the molecule is COCCn1cc(C(O)NCc2nc(-c3sc4c(N[C@@H]5C[C@H]6CC[C@@H]([C@@H]5F)N6C)cccc4c3CC(F)(F)F)no2)c(OC)n1. The molecule has 0 saturated carbocycles. The van der Waals surface area contributed by atoms with Crippen molar-refractivity contribution in [2.45, 2.75) is 75.5 Å². The molecule has 2 aliphatic heterocycles. The number of thiophene rings is 1. The summed E-state index contributed by atoms with van der Waals surface area (Å²) in [7, 11) is 4.95. The summed E-state index contributed by atoms with van der Waals surface area (Å²) in [6.45, 7) is 0.787. The van der Waals surface area contributed by atoms with Gasteiger partial charge >= 0.3 is 6.18 Å². The number of piperidine rings is 1. The fourth-order valence-corrected chi connectivity index (χ4v) is 7.58. The van der Waals surface area contributed by atoms with Crippen molar-refractivity contribution in [2.75, 3.05) is 33.2 Å². The van der Waals surface area contributed by atoms with Crippen molar-refractivity contribution >= 4 is 27.1 Å². The molecule has 0 aliphatic carbocycles. The highest BCUT2D eigenvalue weighted by Gasteiger charge is 2.46. The molecule has 244 valence electrons. The Hall–Kier alpha value is -3.31. The van der Waals surface area contributed by atoms with Gasteiger partial charge in [-0.25, -0.2) is 4.39 Å². The molecule has 0 radical (unpaired) electrons. The third kappa shape index (κ3) is 6.52. The van der Waals surface area contributed by atoms with Crippen molar-refractivity contribution in [1.82, 2.24) is 30.1 Å². The number of aliphatic hydroxyl groups is 1. The predicted molar refractivity (Wildman–Crippen MR) is 159 cm³/mol. The van der Waals surface area contributed by atoms with Crippen molar-refractivity contribution in [1.29, 1.82) is 0 Å². The number of hydrogen-bond donors (Lipinski definition) is 3. The van der Waals surface area contributed by atoms with Crippen molar-refractivity contribution in [3.8, 4) is 16.6 Å². The summed E-state index contributed by atoms with van der Waals surface area (Å²) in [4.78, 5) is 6.67.